The molecule has 366 valence electrons. The Balaban J connectivity index is 1.49. The Bertz CT molecular complexity index is 1910. The van der Waals surface area contributed by atoms with Crippen LogP contribution in [-0.2, 0) is 42.9 Å². The van der Waals surface area contributed by atoms with Crippen LogP contribution in [0.15, 0.2) is 72.4 Å². The second-order valence-corrected chi connectivity index (χ2v) is 19.2. The molecule has 2 bridgehead atoms. The van der Waals surface area contributed by atoms with Crippen molar-refractivity contribution in [3.63, 3.8) is 0 Å². The molecular formula is C52H75FN2O11. The molecule has 66 heavy (non-hydrogen) atoms. The fraction of sp³-hybridized carbons (Fsp3) is 0.654. The molecule has 3 heterocycles. The van der Waals surface area contributed by atoms with Gasteiger partial charge in [0.25, 0.3) is 11.7 Å². The zero-order valence-electron chi connectivity index (χ0n) is 40.0. The maximum absolute atomic E-state index is 16.4. The normalized spacial score (nSPS) is 37.4. The summed E-state index contributed by atoms with van der Waals surface area (Å²) in [5, 5.41) is 23.9. The van der Waals surface area contributed by atoms with Crippen LogP contribution in [0.2, 0.25) is 0 Å². The van der Waals surface area contributed by atoms with Crippen LogP contribution >= 0.6 is 0 Å². The summed E-state index contributed by atoms with van der Waals surface area (Å²) in [4.78, 5) is 58.4. The molecule has 3 aliphatic heterocycles. The predicted octanol–water partition coefficient (Wildman–Crippen LogP) is 6.64. The smallest absolute Gasteiger partial charge is 0.329 e. The number of ether oxygens (including phenoxy) is 5. The number of benzene rings is 1. The number of esters is 1. The number of hydrogen-bond donors (Lipinski definition) is 3. The quantitative estimate of drug-likeness (QED) is 0.129. The number of allylic oxidation sites excluding steroid dienone is 4. The molecule has 2 saturated heterocycles. The molecule has 0 aromatic heterocycles. The van der Waals surface area contributed by atoms with Crippen LogP contribution in [0.3, 0.4) is 0 Å². The lowest BCUT2D eigenvalue weighted by Crippen LogP contribution is -2.64. The summed E-state index contributed by atoms with van der Waals surface area (Å²) < 4.78 is 46.8. The Hall–Kier alpha value is -3.89. The molecule has 0 spiro atoms. The van der Waals surface area contributed by atoms with Gasteiger partial charge in [0.1, 0.15) is 30.2 Å². The van der Waals surface area contributed by atoms with Crippen LogP contribution in [-0.4, -0.2) is 127 Å². The first-order chi connectivity index (χ1) is 31.4. The monoisotopic (exact) mass is 923 g/mol. The molecule has 4 N–H and O–H groups in total. The van der Waals surface area contributed by atoms with Gasteiger partial charge in [0.15, 0.2) is 0 Å². The Kier molecular flexibility index (Phi) is 19.6. The number of Topliss-reactive ketones (excluding diaryl/α,β-unsaturated/α-hetero) is 2. The van der Waals surface area contributed by atoms with Crippen molar-refractivity contribution in [3.05, 3.63) is 77.9 Å². The number of nitrogens with zero attached hydrogens (tertiary/aromatic N) is 1. The van der Waals surface area contributed by atoms with Gasteiger partial charge in [0.2, 0.25) is 5.79 Å². The maximum Gasteiger partial charge on any atom is 0.329 e. The van der Waals surface area contributed by atoms with E-state index < -0.39 is 89.9 Å². The maximum atomic E-state index is 16.4. The number of cyclic esters (lactones) is 1. The van der Waals surface area contributed by atoms with E-state index in [1.165, 1.54) is 14.2 Å². The number of hydrogen-bond acceptors (Lipinski definition) is 12. The molecule has 1 aromatic carbocycles. The standard InChI is InChI=1S/C52H75FN2O11/c1-9-16-38-26-31(2)46(53)32(3)27-44(62-7)48-45(63-8)28-34(5)52(61,66-48)49(58)50(59)55-23-14-13-20-40(55)51(60)65-47(35(6)41(56)30-42(38)57)33(4)25-37-21-22-39(54)43(29-37)64-24-15-19-36-17-11-10-12-18-36/h9-12,15,17-19,25-26,32,34-35,37-41,43-48,56,61H,1,13-14,16,20-24,27-30,54H2,2-8H3. The van der Waals surface area contributed by atoms with E-state index in [0.717, 1.165) is 16.9 Å². The van der Waals surface area contributed by atoms with Gasteiger partial charge in [0, 0.05) is 51.0 Å². The summed E-state index contributed by atoms with van der Waals surface area (Å²) in [5.74, 6) is -9.32. The summed E-state index contributed by atoms with van der Waals surface area (Å²) in [6, 6.07) is 8.54. The van der Waals surface area contributed by atoms with E-state index in [1.807, 2.05) is 55.5 Å². The molecule has 14 heteroatoms. The predicted molar refractivity (Wildman–Crippen MR) is 249 cm³/mol. The van der Waals surface area contributed by atoms with Crippen molar-refractivity contribution in [2.45, 2.75) is 159 Å². The van der Waals surface area contributed by atoms with E-state index in [1.54, 1.807) is 39.8 Å². The van der Waals surface area contributed by atoms with Crippen molar-refractivity contribution < 1.29 is 57.5 Å². The Labute approximate surface area is 391 Å². The third-order valence-corrected chi connectivity index (χ3v) is 14.4. The summed E-state index contributed by atoms with van der Waals surface area (Å²) in [5.41, 5.74) is 8.53. The Morgan fingerprint density at radius 2 is 1.70 bits per heavy atom. The van der Waals surface area contributed by atoms with Gasteiger partial charge >= 0.3 is 5.97 Å². The number of fused-ring (bicyclic) bond motifs is 3. The largest absolute Gasteiger partial charge is 0.456 e. The van der Waals surface area contributed by atoms with Crippen LogP contribution in [0.5, 0.6) is 0 Å². The number of ketones is 2. The zero-order valence-corrected chi connectivity index (χ0v) is 40.0. The molecule has 0 radical (unpaired) electrons. The second-order valence-electron chi connectivity index (χ2n) is 19.2. The van der Waals surface area contributed by atoms with Crippen molar-refractivity contribution in [2.75, 3.05) is 27.4 Å². The van der Waals surface area contributed by atoms with E-state index in [9.17, 15) is 29.4 Å². The molecule has 1 saturated carbocycles. The number of aliphatic hydroxyl groups is 2. The summed E-state index contributed by atoms with van der Waals surface area (Å²) in [6.07, 6.45) is 5.68. The molecule has 5 rings (SSSR count). The summed E-state index contributed by atoms with van der Waals surface area (Å²) in [6.45, 7) is 12.6. The third kappa shape index (κ3) is 13.0. The highest BCUT2D eigenvalue weighted by atomic mass is 19.1. The van der Waals surface area contributed by atoms with Gasteiger partial charge in [-0.3, -0.25) is 14.4 Å². The van der Waals surface area contributed by atoms with Gasteiger partial charge in [-0.15, -0.1) is 6.58 Å². The van der Waals surface area contributed by atoms with Crippen LogP contribution < -0.4 is 5.73 Å². The van der Waals surface area contributed by atoms with Crippen LogP contribution in [0, 0.1) is 29.6 Å². The topological polar surface area (TPSA) is 184 Å². The summed E-state index contributed by atoms with van der Waals surface area (Å²) >= 11 is 0. The van der Waals surface area contributed by atoms with Crippen molar-refractivity contribution in [1.29, 1.82) is 0 Å². The average Bonchev–Trinajstić information content (AvgIpc) is 3.31. The number of piperidine rings is 1. The van der Waals surface area contributed by atoms with Gasteiger partial charge < -0.3 is 44.5 Å². The molecule has 15 unspecified atom stereocenters. The highest BCUT2D eigenvalue weighted by molar-refractivity contribution is 6.39. The SMILES string of the molecule is C=CCC1C=C(C)C(F)C(C)CC(OC)C2OC(O)(C(=O)C(=O)N3CCCCC3C(=O)OC(C(C)=CC3CCC(N)C(OCC=Cc4ccccc4)C3)C(C)C(O)CC1=O)C(C)CC2OC. The molecule has 1 amide bonds. The van der Waals surface area contributed by atoms with Gasteiger partial charge in [0.05, 0.1) is 31.0 Å². The third-order valence-electron chi connectivity index (χ3n) is 14.4. The first kappa shape index (κ1) is 53.1. The van der Waals surface area contributed by atoms with Gasteiger partial charge in [-0.2, -0.15) is 0 Å². The number of nitrogens with two attached hydrogens (primary N) is 1. The number of rotatable bonds is 10. The number of aliphatic hydroxyl groups excluding tert-OH is 1. The summed E-state index contributed by atoms with van der Waals surface area (Å²) in [7, 11) is 2.88. The van der Waals surface area contributed by atoms with Crippen molar-refractivity contribution >= 4 is 29.5 Å². The van der Waals surface area contributed by atoms with E-state index >= 15 is 4.39 Å². The van der Waals surface area contributed by atoms with E-state index in [-0.39, 0.29) is 62.5 Å². The van der Waals surface area contributed by atoms with Crippen molar-refractivity contribution in [3.8, 4) is 0 Å². The highest BCUT2D eigenvalue weighted by Gasteiger charge is 2.57. The number of carbonyl (C=O) groups is 4. The van der Waals surface area contributed by atoms with Crippen molar-refractivity contribution in [1.82, 2.24) is 4.90 Å². The minimum absolute atomic E-state index is 0.0216. The lowest BCUT2D eigenvalue weighted by Gasteiger charge is -2.47. The fourth-order valence-electron chi connectivity index (χ4n) is 10.2. The van der Waals surface area contributed by atoms with Crippen LogP contribution in [0.1, 0.15) is 104 Å². The van der Waals surface area contributed by atoms with Gasteiger partial charge in [-0.1, -0.05) is 81.5 Å². The van der Waals surface area contributed by atoms with E-state index in [2.05, 4.69) is 6.58 Å². The molecule has 1 aromatic rings. The number of alkyl halides is 1. The molecule has 1 aliphatic carbocycles. The minimum Gasteiger partial charge on any atom is -0.456 e. The lowest BCUT2D eigenvalue weighted by atomic mass is 9.81. The van der Waals surface area contributed by atoms with Crippen molar-refractivity contribution in [2.24, 2.45) is 35.3 Å². The van der Waals surface area contributed by atoms with E-state index in [4.69, 9.17) is 29.4 Å². The highest BCUT2D eigenvalue weighted by Crippen LogP contribution is 2.39. The zero-order chi connectivity index (χ0) is 48.3. The number of carbonyl (C=O) groups excluding carboxylic acids is 4. The molecule has 15 atom stereocenters. The number of halogens is 1. The van der Waals surface area contributed by atoms with Gasteiger partial charge in [-0.05, 0) is 100 Å². The molecule has 13 nitrogen and oxygen atoms in total. The molecule has 4 aliphatic rings. The minimum atomic E-state index is -2.62. The van der Waals surface area contributed by atoms with Crippen LogP contribution in [0.4, 0.5) is 4.39 Å². The van der Waals surface area contributed by atoms with Gasteiger partial charge in [-0.25, -0.2) is 9.18 Å². The first-order valence-electron chi connectivity index (χ1n) is 23.9. The van der Waals surface area contributed by atoms with Crippen LogP contribution in [0.25, 0.3) is 6.08 Å². The average molecular weight is 923 g/mol. The van der Waals surface area contributed by atoms with E-state index in [0.29, 0.717) is 43.4 Å². The Morgan fingerprint density at radius 3 is 2.38 bits per heavy atom. The molecule has 3 fully saturated rings. The molecular weight excluding hydrogens is 848 g/mol. The number of amides is 1. The number of methoxy groups -OCH3 is 2. The fourth-order valence-corrected chi connectivity index (χ4v) is 10.2. The Morgan fingerprint density at radius 1 is 1.00 bits per heavy atom. The second kappa shape index (κ2) is 24.4. The lowest BCUT2D eigenvalue weighted by molar-refractivity contribution is -0.302. The first-order valence-corrected chi connectivity index (χ1v) is 23.9.